The molecule has 0 N–H and O–H groups in total. The summed E-state index contributed by atoms with van der Waals surface area (Å²) < 4.78 is 16.9. The van der Waals surface area contributed by atoms with Crippen LogP contribution in [0.4, 0.5) is 0 Å². The lowest BCUT2D eigenvalue weighted by atomic mass is 9.78. The van der Waals surface area contributed by atoms with Crippen molar-refractivity contribution in [3.63, 3.8) is 0 Å². The standard InChI is InChI=1S/C20H27BO5/c1-19(2)20(3,4)26-21(25-19)14-11-9-13(10-12-14)17(22)15-7-6-8-16(15)18(23)24-5/h9-12,15-16H,6-8H2,1-5H3/t15-,16-/m0/s1. The van der Waals surface area contributed by atoms with E-state index in [0.29, 0.717) is 5.56 Å². The largest absolute Gasteiger partial charge is 0.494 e. The van der Waals surface area contributed by atoms with E-state index >= 15 is 0 Å². The second-order valence-corrected chi connectivity index (χ2v) is 8.24. The summed E-state index contributed by atoms with van der Waals surface area (Å²) in [4.78, 5) is 24.7. The van der Waals surface area contributed by atoms with Gasteiger partial charge in [-0.1, -0.05) is 30.7 Å². The highest BCUT2D eigenvalue weighted by atomic mass is 16.7. The van der Waals surface area contributed by atoms with Crippen LogP contribution in [0.2, 0.25) is 0 Å². The number of esters is 1. The van der Waals surface area contributed by atoms with E-state index in [0.717, 1.165) is 24.7 Å². The fourth-order valence-electron chi connectivity index (χ4n) is 3.71. The lowest BCUT2D eigenvalue weighted by Gasteiger charge is -2.32. The molecule has 1 aromatic carbocycles. The van der Waals surface area contributed by atoms with E-state index in [4.69, 9.17) is 14.0 Å². The molecule has 0 bridgehead atoms. The Hall–Kier alpha value is -1.66. The number of methoxy groups -OCH3 is 1. The Morgan fingerprint density at radius 3 is 2.08 bits per heavy atom. The first-order valence-electron chi connectivity index (χ1n) is 9.24. The van der Waals surface area contributed by atoms with Gasteiger partial charge in [-0.25, -0.2) is 0 Å². The molecular weight excluding hydrogens is 331 g/mol. The van der Waals surface area contributed by atoms with Gasteiger partial charge in [0.15, 0.2) is 5.78 Å². The lowest BCUT2D eigenvalue weighted by Crippen LogP contribution is -2.41. The summed E-state index contributed by atoms with van der Waals surface area (Å²) in [6.45, 7) is 8.05. The van der Waals surface area contributed by atoms with Gasteiger partial charge in [0.05, 0.1) is 24.2 Å². The van der Waals surface area contributed by atoms with Gasteiger partial charge in [-0.15, -0.1) is 0 Å². The molecule has 5 nitrogen and oxygen atoms in total. The predicted octanol–water partition coefficient (Wildman–Crippen LogP) is 2.76. The van der Waals surface area contributed by atoms with Crippen LogP contribution >= 0.6 is 0 Å². The number of carbonyl (C=O) groups excluding carboxylic acids is 2. The fraction of sp³-hybridized carbons (Fsp3) is 0.600. The SMILES string of the molecule is COC(=O)[C@H]1CCC[C@@H]1C(=O)c1ccc(B2OC(C)(C)C(C)(C)O2)cc1. The first-order valence-corrected chi connectivity index (χ1v) is 9.24. The Morgan fingerprint density at radius 2 is 1.54 bits per heavy atom. The van der Waals surface area contributed by atoms with Crippen molar-refractivity contribution in [1.82, 2.24) is 0 Å². The zero-order valence-corrected chi connectivity index (χ0v) is 16.2. The third-order valence-corrected chi connectivity index (χ3v) is 6.08. The van der Waals surface area contributed by atoms with Gasteiger partial charge in [-0.3, -0.25) is 9.59 Å². The van der Waals surface area contributed by atoms with E-state index in [1.165, 1.54) is 7.11 Å². The maximum atomic E-state index is 12.8. The lowest BCUT2D eigenvalue weighted by molar-refractivity contribution is -0.146. The van der Waals surface area contributed by atoms with Crippen molar-refractivity contribution in [2.75, 3.05) is 7.11 Å². The Kier molecular flexibility index (Phi) is 5.01. The van der Waals surface area contributed by atoms with Crippen LogP contribution < -0.4 is 5.46 Å². The molecule has 1 saturated heterocycles. The summed E-state index contributed by atoms with van der Waals surface area (Å²) in [7, 11) is 0.931. The predicted molar refractivity (Wildman–Crippen MR) is 99.3 cm³/mol. The zero-order valence-electron chi connectivity index (χ0n) is 16.2. The molecule has 0 radical (unpaired) electrons. The highest BCUT2D eigenvalue weighted by Crippen LogP contribution is 2.37. The molecule has 3 rings (SSSR count). The van der Waals surface area contributed by atoms with Crippen LogP contribution in [-0.2, 0) is 18.8 Å². The quantitative estimate of drug-likeness (QED) is 0.471. The molecule has 2 aliphatic rings. The summed E-state index contributed by atoms with van der Waals surface area (Å²) >= 11 is 0. The Labute approximate surface area is 155 Å². The molecule has 2 fully saturated rings. The van der Waals surface area contributed by atoms with Crippen LogP contribution in [0.3, 0.4) is 0 Å². The molecule has 0 spiro atoms. The molecule has 0 unspecified atom stereocenters. The number of ether oxygens (including phenoxy) is 1. The number of Topliss-reactive ketones (excluding diaryl/α,β-unsaturated/α-hetero) is 1. The third kappa shape index (κ3) is 3.32. The van der Waals surface area contributed by atoms with Crippen LogP contribution in [0.15, 0.2) is 24.3 Å². The van der Waals surface area contributed by atoms with Crippen molar-refractivity contribution in [1.29, 1.82) is 0 Å². The topological polar surface area (TPSA) is 61.8 Å². The van der Waals surface area contributed by atoms with Crippen molar-refractivity contribution >= 4 is 24.3 Å². The number of hydrogen-bond donors (Lipinski definition) is 0. The van der Waals surface area contributed by atoms with Crippen LogP contribution in [0.25, 0.3) is 0 Å². The Bertz CT molecular complexity index is 679. The molecule has 1 saturated carbocycles. The van der Waals surface area contributed by atoms with E-state index in [2.05, 4.69) is 0 Å². The second-order valence-electron chi connectivity index (χ2n) is 8.24. The van der Waals surface area contributed by atoms with Crippen LogP contribution in [-0.4, -0.2) is 37.2 Å². The van der Waals surface area contributed by atoms with Gasteiger partial charge in [0.2, 0.25) is 0 Å². The van der Waals surface area contributed by atoms with E-state index in [1.807, 2.05) is 39.8 Å². The molecule has 1 aromatic rings. The molecule has 2 atom stereocenters. The zero-order chi connectivity index (χ0) is 19.1. The summed E-state index contributed by atoms with van der Waals surface area (Å²) in [6.07, 6.45) is 2.33. The van der Waals surface area contributed by atoms with Gasteiger partial charge in [0.25, 0.3) is 0 Å². The smallest absolute Gasteiger partial charge is 0.469 e. The summed E-state index contributed by atoms with van der Waals surface area (Å²) in [5, 5.41) is 0. The summed E-state index contributed by atoms with van der Waals surface area (Å²) in [6, 6.07) is 7.35. The van der Waals surface area contributed by atoms with Gasteiger partial charge in [-0.2, -0.15) is 0 Å². The van der Waals surface area contributed by atoms with E-state index in [-0.39, 0.29) is 23.6 Å². The van der Waals surface area contributed by atoms with Crippen molar-refractivity contribution in [2.24, 2.45) is 11.8 Å². The third-order valence-electron chi connectivity index (χ3n) is 6.08. The molecule has 6 heteroatoms. The van der Waals surface area contributed by atoms with Crippen molar-refractivity contribution in [3.8, 4) is 0 Å². The van der Waals surface area contributed by atoms with E-state index < -0.39 is 18.3 Å². The van der Waals surface area contributed by atoms with E-state index in [1.54, 1.807) is 12.1 Å². The summed E-state index contributed by atoms with van der Waals surface area (Å²) in [5.41, 5.74) is 0.704. The highest BCUT2D eigenvalue weighted by Gasteiger charge is 2.51. The minimum atomic E-state index is -0.446. The fourth-order valence-corrected chi connectivity index (χ4v) is 3.71. The average Bonchev–Trinajstić information content (AvgIpc) is 3.16. The molecule has 26 heavy (non-hydrogen) atoms. The van der Waals surface area contributed by atoms with Gasteiger partial charge in [-0.05, 0) is 46.0 Å². The first-order chi connectivity index (χ1) is 12.2. The first kappa shape index (κ1) is 19.1. The average molecular weight is 358 g/mol. The Balaban J connectivity index is 1.74. The maximum Gasteiger partial charge on any atom is 0.494 e. The molecule has 1 aliphatic carbocycles. The van der Waals surface area contributed by atoms with Crippen molar-refractivity contribution in [2.45, 2.75) is 58.2 Å². The molecule has 0 amide bonds. The van der Waals surface area contributed by atoms with Gasteiger partial charge in [0.1, 0.15) is 0 Å². The molecular formula is C20H27BO5. The monoisotopic (exact) mass is 358 g/mol. The second kappa shape index (κ2) is 6.82. The van der Waals surface area contributed by atoms with Gasteiger partial charge in [0, 0.05) is 11.5 Å². The minimum Gasteiger partial charge on any atom is -0.469 e. The summed E-state index contributed by atoms with van der Waals surface area (Å²) in [5.74, 6) is -0.881. The maximum absolute atomic E-state index is 12.8. The van der Waals surface area contributed by atoms with Crippen LogP contribution in [0.5, 0.6) is 0 Å². The number of benzene rings is 1. The van der Waals surface area contributed by atoms with E-state index in [9.17, 15) is 9.59 Å². The van der Waals surface area contributed by atoms with Crippen LogP contribution in [0, 0.1) is 11.8 Å². The molecule has 0 aromatic heterocycles. The molecule has 1 heterocycles. The van der Waals surface area contributed by atoms with Crippen molar-refractivity contribution in [3.05, 3.63) is 29.8 Å². The highest BCUT2D eigenvalue weighted by molar-refractivity contribution is 6.62. The number of ketones is 1. The molecule has 140 valence electrons. The number of carbonyl (C=O) groups is 2. The molecule has 1 aliphatic heterocycles. The number of rotatable bonds is 4. The van der Waals surface area contributed by atoms with Gasteiger partial charge < -0.3 is 14.0 Å². The van der Waals surface area contributed by atoms with Crippen molar-refractivity contribution < 1.29 is 23.6 Å². The normalized spacial score (nSPS) is 26.7. The van der Waals surface area contributed by atoms with Gasteiger partial charge >= 0.3 is 13.1 Å². The Morgan fingerprint density at radius 1 is 1.00 bits per heavy atom. The minimum absolute atomic E-state index is 0.0124. The number of hydrogen-bond acceptors (Lipinski definition) is 5. The van der Waals surface area contributed by atoms with Crippen LogP contribution in [0.1, 0.15) is 57.3 Å².